The molecule has 1 heterocycles. The highest BCUT2D eigenvalue weighted by atomic mass is 16.5. The second-order valence-electron chi connectivity index (χ2n) is 7.11. The number of imide groups is 1. The molecule has 0 radical (unpaired) electrons. The van der Waals surface area contributed by atoms with Crippen LogP contribution in [-0.2, 0) is 9.53 Å². The standard InChI is InChI=1S/C22H21NO6/c1-13(2)12-18(23-19(24)16-6-4-5-7-17(16)20(23)25)22(27)29-15-10-8-14(9-11-15)21(26)28-3/h4-11,13,18H,12H2,1-3H3/t18-/m1/s1. The van der Waals surface area contributed by atoms with E-state index in [9.17, 15) is 19.2 Å². The summed E-state index contributed by atoms with van der Waals surface area (Å²) in [7, 11) is 1.27. The second kappa shape index (κ2) is 8.26. The van der Waals surface area contributed by atoms with Gasteiger partial charge in [0.15, 0.2) is 0 Å². The van der Waals surface area contributed by atoms with E-state index in [2.05, 4.69) is 4.74 Å². The Morgan fingerprint density at radius 2 is 1.48 bits per heavy atom. The van der Waals surface area contributed by atoms with Crippen LogP contribution in [0.5, 0.6) is 5.75 Å². The fraction of sp³-hybridized carbons (Fsp3) is 0.273. The van der Waals surface area contributed by atoms with Gasteiger partial charge in [0, 0.05) is 0 Å². The minimum absolute atomic E-state index is 0.0403. The van der Waals surface area contributed by atoms with Gasteiger partial charge in [-0.15, -0.1) is 0 Å². The fourth-order valence-electron chi connectivity index (χ4n) is 3.21. The van der Waals surface area contributed by atoms with Crippen molar-refractivity contribution in [3.05, 3.63) is 65.2 Å². The molecule has 0 aromatic heterocycles. The van der Waals surface area contributed by atoms with Gasteiger partial charge in [0.05, 0.1) is 23.8 Å². The smallest absolute Gasteiger partial charge is 0.337 e. The molecule has 2 amide bonds. The summed E-state index contributed by atoms with van der Waals surface area (Å²) in [4.78, 5) is 51.0. The van der Waals surface area contributed by atoms with Gasteiger partial charge in [-0.05, 0) is 48.7 Å². The van der Waals surface area contributed by atoms with Gasteiger partial charge >= 0.3 is 11.9 Å². The van der Waals surface area contributed by atoms with Crippen molar-refractivity contribution in [2.75, 3.05) is 7.11 Å². The van der Waals surface area contributed by atoms with Crippen LogP contribution < -0.4 is 4.74 Å². The Labute approximate surface area is 168 Å². The number of benzene rings is 2. The number of hydrogen-bond acceptors (Lipinski definition) is 6. The average Bonchev–Trinajstić information content (AvgIpc) is 2.96. The SMILES string of the molecule is COC(=O)c1ccc(OC(=O)[C@@H](CC(C)C)N2C(=O)c3ccccc3C2=O)cc1. The van der Waals surface area contributed by atoms with Crippen LogP contribution in [0.1, 0.15) is 51.3 Å². The van der Waals surface area contributed by atoms with Gasteiger partial charge in [-0.2, -0.15) is 0 Å². The number of amides is 2. The average molecular weight is 395 g/mol. The van der Waals surface area contributed by atoms with E-state index < -0.39 is 29.8 Å². The molecule has 0 N–H and O–H groups in total. The largest absolute Gasteiger partial charge is 0.465 e. The Morgan fingerprint density at radius 3 is 1.97 bits per heavy atom. The molecule has 7 heteroatoms. The number of carbonyl (C=O) groups excluding carboxylic acids is 4. The van der Waals surface area contributed by atoms with Crippen molar-refractivity contribution in [2.45, 2.75) is 26.3 Å². The van der Waals surface area contributed by atoms with Crippen molar-refractivity contribution >= 4 is 23.8 Å². The molecule has 2 aromatic carbocycles. The number of ether oxygens (including phenoxy) is 2. The zero-order valence-corrected chi connectivity index (χ0v) is 16.4. The monoisotopic (exact) mass is 395 g/mol. The maximum Gasteiger partial charge on any atom is 0.337 e. The number of esters is 2. The molecule has 150 valence electrons. The molecule has 0 saturated carbocycles. The minimum Gasteiger partial charge on any atom is -0.465 e. The number of carbonyl (C=O) groups is 4. The topological polar surface area (TPSA) is 90.0 Å². The van der Waals surface area contributed by atoms with E-state index in [0.29, 0.717) is 5.56 Å². The molecule has 0 saturated heterocycles. The lowest BCUT2D eigenvalue weighted by Crippen LogP contribution is -2.47. The zero-order valence-electron chi connectivity index (χ0n) is 16.4. The first kappa shape index (κ1) is 20.3. The molecular formula is C22H21NO6. The molecule has 0 unspecified atom stereocenters. The lowest BCUT2D eigenvalue weighted by atomic mass is 10.0. The van der Waals surface area contributed by atoms with Gasteiger partial charge in [-0.1, -0.05) is 26.0 Å². The number of hydrogen-bond donors (Lipinski definition) is 0. The van der Waals surface area contributed by atoms with Gasteiger partial charge < -0.3 is 9.47 Å². The molecule has 0 bridgehead atoms. The molecule has 1 aliphatic heterocycles. The van der Waals surface area contributed by atoms with Crippen molar-refractivity contribution < 1.29 is 28.7 Å². The van der Waals surface area contributed by atoms with Crippen molar-refractivity contribution in [3.63, 3.8) is 0 Å². The summed E-state index contributed by atoms with van der Waals surface area (Å²) >= 11 is 0. The van der Waals surface area contributed by atoms with Crippen LogP contribution in [0.3, 0.4) is 0 Å². The van der Waals surface area contributed by atoms with Crippen LogP contribution in [0, 0.1) is 5.92 Å². The Balaban J connectivity index is 1.84. The highest BCUT2D eigenvalue weighted by Crippen LogP contribution is 2.28. The van der Waals surface area contributed by atoms with Crippen molar-refractivity contribution in [1.82, 2.24) is 4.90 Å². The summed E-state index contributed by atoms with van der Waals surface area (Å²) in [6.07, 6.45) is 0.268. The van der Waals surface area contributed by atoms with Crippen LogP contribution in [0.15, 0.2) is 48.5 Å². The first-order valence-electron chi connectivity index (χ1n) is 9.20. The summed E-state index contributed by atoms with van der Waals surface area (Å²) in [6.45, 7) is 3.78. The summed E-state index contributed by atoms with van der Waals surface area (Å²) in [6, 6.07) is 11.3. The van der Waals surface area contributed by atoms with E-state index in [1.54, 1.807) is 24.3 Å². The molecule has 1 atom stereocenters. The fourth-order valence-corrected chi connectivity index (χ4v) is 3.21. The molecular weight excluding hydrogens is 374 g/mol. The van der Waals surface area contributed by atoms with E-state index in [0.717, 1.165) is 4.90 Å². The van der Waals surface area contributed by atoms with Crippen molar-refractivity contribution in [2.24, 2.45) is 5.92 Å². The first-order chi connectivity index (χ1) is 13.8. The minimum atomic E-state index is -1.05. The molecule has 2 aromatic rings. The molecule has 3 rings (SSSR count). The van der Waals surface area contributed by atoms with Crippen LogP contribution in [0.4, 0.5) is 0 Å². The number of rotatable bonds is 6. The highest BCUT2D eigenvalue weighted by Gasteiger charge is 2.43. The molecule has 1 aliphatic rings. The predicted molar refractivity (Wildman–Crippen MR) is 104 cm³/mol. The number of fused-ring (bicyclic) bond motifs is 1. The highest BCUT2D eigenvalue weighted by molar-refractivity contribution is 6.22. The summed E-state index contributed by atoms with van der Waals surface area (Å²) < 4.78 is 10.0. The number of nitrogens with zero attached hydrogens (tertiary/aromatic N) is 1. The van der Waals surface area contributed by atoms with Gasteiger partial charge in [-0.25, -0.2) is 9.59 Å². The van der Waals surface area contributed by atoms with Gasteiger partial charge in [0.2, 0.25) is 0 Å². The zero-order chi connectivity index (χ0) is 21.1. The van der Waals surface area contributed by atoms with Crippen LogP contribution in [0.2, 0.25) is 0 Å². The second-order valence-corrected chi connectivity index (χ2v) is 7.11. The normalized spacial score (nSPS) is 14.0. The third kappa shape index (κ3) is 4.03. The van der Waals surface area contributed by atoms with Gasteiger partial charge in [-0.3, -0.25) is 14.5 Å². The van der Waals surface area contributed by atoms with E-state index in [-0.39, 0.29) is 29.2 Å². The first-order valence-corrected chi connectivity index (χ1v) is 9.20. The maximum atomic E-state index is 12.9. The van der Waals surface area contributed by atoms with E-state index in [1.165, 1.54) is 31.4 Å². The van der Waals surface area contributed by atoms with E-state index in [4.69, 9.17) is 4.74 Å². The van der Waals surface area contributed by atoms with Crippen LogP contribution in [0.25, 0.3) is 0 Å². The predicted octanol–water partition coefficient (Wildman–Crippen LogP) is 3.09. The van der Waals surface area contributed by atoms with Gasteiger partial charge in [0.25, 0.3) is 11.8 Å². The van der Waals surface area contributed by atoms with Crippen molar-refractivity contribution in [3.8, 4) is 5.75 Å². The summed E-state index contributed by atoms with van der Waals surface area (Å²) in [5.41, 5.74) is 0.870. The molecule has 0 fully saturated rings. The third-order valence-electron chi connectivity index (χ3n) is 4.60. The molecule has 29 heavy (non-hydrogen) atoms. The molecule has 0 aliphatic carbocycles. The van der Waals surface area contributed by atoms with E-state index in [1.807, 2.05) is 13.8 Å². The summed E-state index contributed by atoms with van der Waals surface area (Å²) in [5.74, 6) is -1.99. The lowest BCUT2D eigenvalue weighted by molar-refractivity contribution is -0.139. The Hall–Kier alpha value is -3.48. The Bertz CT molecular complexity index is 929. The van der Waals surface area contributed by atoms with Crippen molar-refractivity contribution in [1.29, 1.82) is 0 Å². The third-order valence-corrected chi connectivity index (χ3v) is 4.60. The van der Waals surface area contributed by atoms with Crippen LogP contribution in [-0.4, -0.2) is 41.8 Å². The molecule has 7 nitrogen and oxygen atoms in total. The Morgan fingerprint density at radius 1 is 0.931 bits per heavy atom. The van der Waals surface area contributed by atoms with E-state index >= 15 is 0 Å². The number of methoxy groups -OCH3 is 1. The van der Waals surface area contributed by atoms with Gasteiger partial charge in [0.1, 0.15) is 11.8 Å². The maximum absolute atomic E-state index is 12.9. The quantitative estimate of drug-likeness (QED) is 0.424. The molecule has 0 spiro atoms. The lowest BCUT2D eigenvalue weighted by Gasteiger charge is -2.25. The Kier molecular flexibility index (Phi) is 5.77. The summed E-state index contributed by atoms with van der Waals surface area (Å²) in [5, 5.41) is 0. The van der Waals surface area contributed by atoms with Crippen LogP contribution >= 0.6 is 0 Å².